The first-order chi connectivity index (χ1) is 6.72. The minimum Gasteiger partial charge on any atom is -0.493 e. The average molecular weight is 194 g/mol. The molecule has 0 bridgehead atoms. The first kappa shape index (κ1) is 10.6. The number of aliphatic hydroxyl groups excluding tert-OH is 1. The van der Waals surface area contributed by atoms with Gasteiger partial charge in [-0.3, -0.25) is 0 Å². The molecule has 0 heterocycles. The van der Waals surface area contributed by atoms with Gasteiger partial charge in [-0.15, -0.1) is 0 Å². The van der Waals surface area contributed by atoms with Crippen LogP contribution in [0.5, 0.6) is 11.5 Å². The summed E-state index contributed by atoms with van der Waals surface area (Å²) in [5, 5.41) is 8.91. The van der Waals surface area contributed by atoms with Gasteiger partial charge in [-0.05, 0) is 23.3 Å². The van der Waals surface area contributed by atoms with Gasteiger partial charge in [-0.25, -0.2) is 0 Å². The lowest BCUT2D eigenvalue weighted by Gasteiger charge is -2.09. The lowest BCUT2D eigenvalue weighted by molar-refractivity contribution is 0.349. The highest BCUT2D eigenvalue weighted by Crippen LogP contribution is 2.29. The molecule has 0 saturated heterocycles. The Kier molecular flexibility index (Phi) is 3.54. The summed E-state index contributed by atoms with van der Waals surface area (Å²) in [5.74, 6) is 1.31. The molecule has 0 fully saturated rings. The quantitative estimate of drug-likeness (QED) is 0.793. The second-order valence-corrected chi connectivity index (χ2v) is 2.83. The van der Waals surface area contributed by atoms with Crippen molar-refractivity contribution in [2.75, 3.05) is 20.8 Å². The Balaban J connectivity index is 3.07. The molecule has 1 aromatic carbocycles. The van der Waals surface area contributed by atoms with Crippen LogP contribution in [-0.2, 0) is 0 Å². The van der Waals surface area contributed by atoms with Crippen LogP contribution in [0.15, 0.2) is 24.8 Å². The fourth-order valence-corrected chi connectivity index (χ4v) is 1.15. The molecular formula is C11H14O3. The molecule has 0 atom stereocenters. The third kappa shape index (κ3) is 2.06. The van der Waals surface area contributed by atoms with Crippen molar-refractivity contribution in [3.05, 3.63) is 30.3 Å². The highest BCUT2D eigenvalue weighted by molar-refractivity contribution is 5.66. The SMILES string of the molecule is C=C(CO)c1ccc(OC)c(OC)c1. The first-order valence-electron chi connectivity index (χ1n) is 4.24. The first-order valence-corrected chi connectivity index (χ1v) is 4.24. The van der Waals surface area contributed by atoms with E-state index in [0.717, 1.165) is 5.56 Å². The van der Waals surface area contributed by atoms with Crippen LogP contribution in [0.2, 0.25) is 0 Å². The maximum atomic E-state index is 8.91. The average Bonchev–Trinajstić information content (AvgIpc) is 2.26. The van der Waals surface area contributed by atoms with Gasteiger partial charge in [0.05, 0.1) is 20.8 Å². The largest absolute Gasteiger partial charge is 0.493 e. The van der Waals surface area contributed by atoms with Gasteiger partial charge in [-0.1, -0.05) is 12.6 Å². The van der Waals surface area contributed by atoms with Crippen LogP contribution >= 0.6 is 0 Å². The number of hydrogen-bond donors (Lipinski definition) is 1. The molecule has 0 radical (unpaired) electrons. The number of methoxy groups -OCH3 is 2. The van der Waals surface area contributed by atoms with Gasteiger partial charge < -0.3 is 14.6 Å². The van der Waals surface area contributed by atoms with Crippen molar-refractivity contribution >= 4 is 5.57 Å². The van der Waals surface area contributed by atoms with E-state index < -0.39 is 0 Å². The van der Waals surface area contributed by atoms with Crippen LogP contribution in [0.3, 0.4) is 0 Å². The minimum absolute atomic E-state index is 0.0600. The third-order valence-electron chi connectivity index (χ3n) is 1.98. The van der Waals surface area contributed by atoms with Crippen molar-refractivity contribution in [2.24, 2.45) is 0 Å². The third-order valence-corrected chi connectivity index (χ3v) is 1.98. The lowest BCUT2D eigenvalue weighted by atomic mass is 10.1. The van der Waals surface area contributed by atoms with Crippen molar-refractivity contribution in [3.63, 3.8) is 0 Å². The Morgan fingerprint density at radius 1 is 1.29 bits per heavy atom. The van der Waals surface area contributed by atoms with Gasteiger partial charge in [0.25, 0.3) is 0 Å². The van der Waals surface area contributed by atoms with E-state index >= 15 is 0 Å². The Morgan fingerprint density at radius 2 is 1.93 bits per heavy atom. The van der Waals surface area contributed by atoms with Crippen LogP contribution in [-0.4, -0.2) is 25.9 Å². The van der Waals surface area contributed by atoms with Crippen molar-refractivity contribution in [2.45, 2.75) is 0 Å². The summed E-state index contributed by atoms with van der Waals surface area (Å²) in [5.41, 5.74) is 1.51. The lowest BCUT2D eigenvalue weighted by Crippen LogP contribution is -1.93. The molecule has 3 nitrogen and oxygen atoms in total. The van der Waals surface area contributed by atoms with E-state index in [1.54, 1.807) is 26.4 Å². The smallest absolute Gasteiger partial charge is 0.161 e. The van der Waals surface area contributed by atoms with E-state index in [9.17, 15) is 0 Å². The van der Waals surface area contributed by atoms with Crippen LogP contribution in [0, 0.1) is 0 Å². The molecule has 0 amide bonds. The number of aliphatic hydroxyl groups is 1. The second kappa shape index (κ2) is 4.67. The summed E-state index contributed by atoms with van der Waals surface area (Å²) < 4.78 is 10.2. The van der Waals surface area contributed by atoms with Crippen molar-refractivity contribution in [3.8, 4) is 11.5 Å². The summed E-state index contributed by atoms with van der Waals surface area (Å²) in [4.78, 5) is 0. The fourth-order valence-electron chi connectivity index (χ4n) is 1.15. The van der Waals surface area contributed by atoms with E-state index in [1.807, 2.05) is 6.07 Å². The molecule has 0 unspecified atom stereocenters. The van der Waals surface area contributed by atoms with Crippen LogP contribution in [0.25, 0.3) is 5.57 Å². The number of ether oxygens (including phenoxy) is 2. The minimum atomic E-state index is -0.0600. The highest BCUT2D eigenvalue weighted by Gasteiger charge is 2.05. The molecule has 0 saturated carbocycles. The number of hydrogen-bond acceptors (Lipinski definition) is 3. The zero-order chi connectivity index (χ0) is 10.6. The van der Waals surface area contributed by atoms with Gasteiger partial charge in [-0.2, -0.15) is 0 Å². The zero-order valence-electron chi connectivity index (χ0n) is 8.41. The Bertz CT molecular complexity index is 331. The number of benzene rings is 1. The highest BCUT2D eigenvalue weighted by atomic mass is 16.5. The summed E-state index contributed by atoms with van der Waals surface area (Å²) in [6, 6.07) is 5.41. The summed E-state index contributed by atoms with van der Waals surface area (Å²) >= 11 is 0. The van der Waals surface area contributed by atoms with E-state index in [2.05, 4.69) is 6.58 Å². The molecular weight excluding hydrogens is 180 g/mol. The molecule has 3 heteroatoms. The summed E-state index contributed by atoms with van der Waals surface area (Å²) in [6.45, 7) is 3.67. The molecule has 76 valence electrons. The number of rotatable bonds is 4. The topological polar surface area (TPSA) is 38.7 Å². The summed E-state index contributed by atoms with van der Waals surface area (Å²) in [7, 11) is 3.15. The monoisotopic (exact) mass is 194 g/mol. The van der Waals surface area contributed by atoms with Gasteiger partial charge >= 0.3 is 0 Å². The van der Waals surface area contributed by atoms with Crippen LogP contribution < -0.4 is 9.47 Å². The van der Waals surface area contributed by atoms with Crippen molar-refractivity contribution in [1.29, 1.82) is 0 Å². The Morgan fingerprint density at radius 3 is 2.43 bits per heavy atom. The van der Waals surface area contributed by atoms with E-state index in [-0.39, 0.29) is 6.61 Å². The molecule has 1 aromatic rings. The van der Waals surface area contributed by atoms with Crippen LogP contribution in [0.1, 0.15) is 5.56 Å². The molecule has 0 aromatic heterocycles. The maximum Gasteiger partial charge on any atom is 0.161 e. The molecule has 14 heavy (non-hydrogen) atoms. The predicted octanol–water partition coefficient (Wildman–Crippen LogP) is 1.71. The molecule has 0 aliphatic carbocycles. The van der Waals surface area contributed by atoms with Crippen molar-refractivity contribution < 1.29 is 14.6 Å². The molecule has 1 rings (SSSR count). The van der Waals surface area contributed by atoms with Gasteiger partial charge in [0, 0.05) is 0 Å². The Hall–Kier alpha value is -1.48. The summed E-state index contributed by atoms with van der Waals surface area (Å²) in [6.07, 6.45) is 0. The molecule has 0 aliphatic rings. The molecule has 1 N–H and O–H groups in total. The van der Waals surface area contributed by atoms with Crippen molar-refractivity contribution in [1.82, 2.24) is 0 Å². The van der Waals surface area contributed by atoms with Gasteiger partial charge in [0.2, 0.25) is 0 Å². The molecule has 0 spiro atoms. The van der Waals surface area contributed by atoms with Crippen LogP contribution in [0.4, 0.5) is 0 Å². The van der Waals surface area contributed by atoms with E-state index in [1.165, 1.54) is 0 Å². The van der Waals surface area contributed by atoms with Gasteiger partial charge in [0.15, 0.2) is 11.5 Å². The standard InChI is InChI=1S/C11H14O3/c1-8(7-12)9-4-5-10(13-2)11(6-9)14-3/h4-6,12H,1,7H2,2-3H3. The predicted molar refractivity (Wildman–Crippen MR) is 55.7 cm³/mol. The van der Waals surface area contributed by atoms with Gasteiger partial charge in [0.1, 0.15) is 0 Å². The molecule has 0 aliphatic heterocycles. The zero-order valence-corrected chi connectivity index (χ0v) is 8.41. The fraction of sp³-hybridized carbons (Fsp3) is 0.273. The second-order valence-electron chi connectivity index (χ2n) is 2.83. The van der Waals surface area contributed by atoms with E-state index in [0.29, 0.717) is 17.1 Å². The van der Waals surface area contributed by atoms with E-state index in [4.69, 9.17) is 14.6 Å². The maximum absolute atomic E-state index is 8.91. The Labute approximate surface area is 83.6 Å². The normalized spacial score (nSPS) is 9.64.